The Balaban J connectivity index is 1.90. The van der Waals surface area contributed by atoms with Gasteiger partial charge in [0.25, 0.3) is 0 Å². The van der Waals surface area contributed by atoms with Gasteiger partial charge in [-0.25, -0.2) is 4.39 Å². The second-order valence-electron chi connectivity index (χ2n) is 5.39. The Morgan fingerprint density at radius 3 is 2.95 bits per heavy atom. The van der Waals surface area contributed by atoms with E-state index in [9.17, 15) is 9.50 Å². The van der Waals surface area contributed by atoms with Crippen molar-refractivity contribution >= 4 is 0 Å². The van der Waals surface area contributed by atoms with Crippen molar-refractivity contribution in [3.63, 3.8) is 0 Å². The molecule has 2 aromatic rings. The molecule has 2 heterocycles. The van der Waals surface area contributed by atoms with Crippen molar-refractivity contribution in [3.8, 4) is 5.75 Å². The van der Waals surface area contributed by atoms with Crippen LogP contribution >= 0.6 is 0 Å². The van der Waals surface area contributed by atoms with Crippen LogP contribution in [0.3, 0.4) is 0 Å². The number of benzene rings is 1. The molecule has 1 aromatic carbocycles. The predicted molar refractivity (Wildman–Crippen MR) is 72.0 cm³/mol. The predicted octanol–water partition coefficient (Wildman–Crippen LogP) is 3.16. The van der Waals surface area contributed by atoms with Gasteiger partial charge in [0.15, 0.2) is 0 Å². The first kappa shape index (κ1) is 13.1. The second kappa shape index (κ2) is 4.90. The van der Waals surface area contributed by atoms with Crippen LogP contribution in [0, 0.1) is 5.82 Å². The largest absolute Gasteiger partial charge is 0.485 e. The molecule has 5 heteroatoms. The van der Waals surface area contributed by atoms with Crippen LogP contribution in [0.2, 0.25) is 0 Å². The molecule has 0 amide bonds. The molecule has 0 spiro atoms. The lowest BCUT2D eigenvalue weighted by Gasteiger charge is -2.29. The number of aliphatic hydroxyl groups is 1. The minimum absolute atomic E-state index is 0.266. The maximum absolute atomic E-state index is 13.3. The number of halogens is 1. The molecule has 1 N–H and O–H groups in total. The number of aliphatic hydroxyl groups excluding tert-OH is 1. The third-order valence-corrected chi connectivity index (χ3v) is 3.56. The second-order valence-corrected chi connectivity index (χ2v) is 5.39. The van der Waals surface area contributed by atoms with Crippen LogP contribution in [0.25, 0.3) is 0 Å². The first-order valence-corrected chi connectivity index (χ1v) is 6.73. The summed E-state index contributed by atoms with van der Waals surface area (Å²) < 4.78 is 20.9. The van der Waals surface area contributed by atoms with E-state index in [4.69, 9.17) is 4.74 Å². The lowest BCUT2D eigenvalue weighted by molar-refractivity contribution is 0.0653. The lowest BCUT2D eigenvalue weighted by Crippen LogP contribution is -2.18. The Labute approximate surface area is 116 Å². The topological polar surface area (TPSA) is 47.3 Å². The molecule has 1 aliphatic rings. The Morgan fingerprint density at radius 2 is 2.25 bits per heavy atom. The quantitative estimate of drug-likeness (QED) is 0.916. The highest BCUT2D eigenvalue weighted by Gasteiger charge is 2.29. The van der Waals surface area contributed by atoms with E-state index in [1.165, 1.54) is 12.1 Å². The molecule has 0 aliphatic carbocycles. The first-order chi connectivity index (χ1) is 9.54. The van der Waals surface area contributed by atoms with E-state index in [2.05, 4.69) is 5.10 Å². The van der Waals surface area contributed by atoms with Gasteiger partial charge >= 0.3 is 0 Å². The zero-order valence-corrected chi connectivity index (χ0v) is 11.5. The minimum atomic E-state index is -0.647. The number of hydrogen-bond acceptors (Lipinski definition) is 3. The van der Waals surface area contributed by atoms with Crippen molar-refractivity contribution in [2.24, 2.45) is 0 Å². The van der Waals surface area contributed by atoms with Gasteiger partial charge in [-0.2, -0.15) is 5.10 Å². The fourth-order valence-electron chi connectivity index (χ4n) is 2.42. The number of fused-ring (bicyclic) bond motifs is 1. The van der Waals surface area contributed by atoms with Gasteiger partial charge in [0.05, 0.1) is 12.3 Å². The molecular formula is C15H17FN2O2. The molecule has 1 aromatic heterocycles. The van der Waals surface area contributed by atoms with Crippen molar-refractivity contribution < 1.29 is 14.2 Å². The van der Waals surface area contributed by atoms with Gasteiger partial charge < -0.3 is 9.84 Å². The molecule has 1 unspecified atom stereocenters. The van der Waals surface area contributed by atoms with Crippen molar-refractivity contribution in [1.29, 1.82) is 0 Å². The summed E-state index contributed by atoms with van der Waals surface area (Å²) >= 11 is 0. The average molecular weight is 276 g/mol. The molecule has 2 atom stereocenters. The Bertz CT molecular complexity index is 624. The van der Waals surface area contributed by atoms with Crippen molar-refractivity contribution in [2.75, 3.05) is 0 Å². The molecule has 4 nitrogen and oxygen atoms in total. The first-order valence-electron chi connectivity index (χ1n) is 6.73. The van der Waals surface area contributed by atoms with Gasteiger partial charge in [0.1, 0.15) is 17.7 Å². The third kappa shape index (κ3) is 2.29. The maximum atomic E-state index is 13.3. The normalized spacial score (nSPS) is 21.6. The summed E-state index contributed by atoms with van der Waals surface area (Å²) in [5, 5.41) is 14.4. The summed E-state index contributed by atoms with van der Waals surface area (Å²) in [5.41, 5.74) is 1.53. The van der Waals surface area contributed by atoms with Crippen LogP contribution in [-0.2, 0) is 0 Å². The fraction of sp³-hybridized carbons (Fsp3) is 0.400. The standard InChI is InChI=1S/C15H17FN2O2/c1-9(2)18-8-10(7-17-18)14-6-13(19)12-4-3-11(16)5-15(12)20-14/h3-5,7-9,13-14,19H,6H2,1-2H3/t13-,14?/m1/s1. The molecule has 0 saturated heterocycles. The summed E-state index contributed by atoms with van der Waals surface area (Å²) in [6, 6.07) is 4.49. The molecule has 0 bridgehead atoms. The van der Waals surface area contributed by atoms with Gasteiger partial charge in [-0.15, -0.1) is 0 Å². The molecule has 0 radical (unpaired) electrons. The Morgan fingerprint density at radius 1 is 1.45 bits per heavy atom. The fourth-order valence-corrected chi connectivity index (χ4v) is 2.42. The highest BCUT2D eigenvalue weighted by atomic mass is 19.1. The molecule has 20 heavy (non-hydrogen) atoms. The van der Waals surface area contributed by atoms with Gasteiger partial charge in [-0.3, -0.25) is 4.68 Å². The van der Waals surface area contributed by atoms with Crippen LogP contribution < -0.4 is 4.74 Å². The highest BCUT2D eigenvalue weighted by molar-refractivity contribution is 5.38. The number of hydrogen-bond donors (Lipinski definition) is 1. The Kier molecular flexibility index (Phi) is 3.22. The summed E-state index contributed by atoms with van der Waals surface area (Å²) in [6.07, 6.45) is 3.15. The average Bonchev–Trinajstić information content (AvgIpc) is 2.87. The summed E-state index contributed by atoms with van der Waals surface area (Å²) in [5.74, 6) is 0.0422. The number of nitrogens with zero attached hydrogens (tertiary/aromatic N) is 2. The summed E-state index contributed by atoms with van der Waals surface area (Å²) in [7, 11) is 0. The van der Waals surface area contributed by atoms with Gasteiger partial charge in [0, 0.05) is 35.9 Å². The molecular weight excluding hydrogens is 259 g/mol. The number of aromatic nitrogens is 2. The van der Waals surface area contributed by atoms with Gasteiger partial charge in [-0.1, -0.05) is 0 Å². The van der Waals surface area contributed by atoms with Gasteiger partial charge in [-0.05, 0) is 26.0 Å². The van der Waals surface area contributed by atoms with Gasteiger partial charge in [0.2, 0.25) is 0 Å². The van der Waals surface area contributed by atoms with Crippen LogP contribution in [-0.4, -0.2) is 14.9 Å². The van der Waals surface area contributed by atoms with Crippen LogP contribution in [0.4, 0.5) is 4.39 Å². The van der Waals surface area contributed by atoms with E-state index in [1.807, 2.05) is 24.7 Å². The molecule has 0 fully saturated rings. The molecule has 0 saturated carbocycles. The smallest absolute Gasteiger partial charge is 0.130 e. The number of rotatable bonds is 2. The van der Waals surface area contributed by atoms with E-state index < -0.39 is 6.10 Å². The lowest BCUT2D eigenvalue weighted by atomic mass is 9.96. The Hall–Kier alpha value is -1.88. The van der Waals surface area contributed by atoms with Crippen molar-refractivity contribution in [3.05, 3.63) is 47.5 Å². The molecule has 1 aliphatic heterocycles. The monoisotopic (exact) mass is 276 g/mol. The maximum Gasteiger partial charge on any atom is 0.130 e. The van der Waals surface area contributed by atoms with E-state index >= 15 is 0 Å². The van der Waals surface area contributed by atoms with Crippen LogP contribution in [0.5, 0.6) is 5.75 Å². The van der Waals surface area contributed by atoms with Crippen LogP contribution in [0.15, 0.2) is 30.6 Å². The number of ether oxygens (including phenoxy) is 1. The summed E-state index contributed by atoms with van der Waals surface area (Å²) in [6.45, 7) is 4.08. The van der Waals surface area contributed by atoms with Crippen molar-refractivity contribution in [1.82, 2.24) is 9.78 Å². The zero-order valence-electron chi connectivity index (χ0n) is 11.5. The van der Waals surface area contributed by atoms with Crippen LogP contribution in [0.1, 0.15) is 49.6 Å². The van der Waals surface area contributed by atoms with E-state index in [0.29, 0.717) is 17.7 Å². The zero-order chi connectivity index (χ0) is 14.3. The highest BCUT2D eigenvalue weighted by Crippen LogP contribution is 2.40. The summed E-state index contributed by atoms with van der Waals surface area (Å²) in [4.78, 5) is 0. The molecule has 106 valence electrons. The SMILES string of the molecule is CC(C)n1cc(C2C[C@@H](O)c3ccc(F)cc3O2)cn1. The van der Waals surface area contributed by atoms with E-state index in [-0.39, 0.29) is 18.0 Å². The minimum Gasteiger partial charge on any atom is -0.485 e. The van der Waals surface area contributed by atoms with Crippen molar-refractivity contribution in [2.45, 2.75) is 38.5 Å². The van der Waals surface area contributed by atoms with E-state index in [0.717, 1.165) is 5.56 Å². The third-order valence-electron chi connectivity index (χ3n) is 3.56. The van der Waals surface area contributed by atoms with E-state index in [1.54, 1.807) is 12.3 Å². The molecule has 3 rings (SSSR count).